The van der Waals surface area contributed by atoms with E-state index in [2.05, 4.69) is 9.97 Å². The van der Waals surface area contributed by atoms with E-state index in [0.29, 0.717) is 0 Å². The van der Waals surface area contributed by atoms with E-state index in [-0.39, 0.29) is 22.9 Å². The highest BCUT2D eigenvalue weighted by Crippen LogP contribution is 2.39. The zero-order chi connectivity index (χ0) is 14.3. The van der Waals surface area contributed by atoms with Crippen LogP contribution in [0.1, 0.15) is 16.4 Å². The number of fused-ring (bicyclic) bond motifs is 1. The van der Waals surface area contributed by atoms with Gasteiger partial charge in [-0.1, -0.05) is 6.07 Å². The highest BCUT2D eigenvalue weighted by molar-refractivity contribution is 7.10. The zero-order valence-corrected chi connectivity index (χ0v) is 10.8. The van der Waals surface area contributed by atoms with Gasteiger partial charge in [-0.3, -0.25) is 14.8 Å². The van der Waals surface area contributed by atoms with Gasteiger partial charge in [0.25, 0.3) is 5.56 Å². The summed E-state index contributed by atoms with van der Waals surface area (Å²) < 4.78 is 5.19. The van der Waals surface area contributed by atoms with Crippen LogP contribution in [0.15, 0.2) is 38.6 Å². The maximum Gasteiger partial charge on any atom is 0.328 e. The van der Waals surface area contributed by atoms with E-state index in [1.807, 2.05) is 11.4 Å². The molecule has 0 fully saturated rings. The van der Waals surface area contributed by atoms with E-state index in [4.69, 9.17) is 10.5 Å². The summed E-state index contributed by atoms with van der Waals surface area (Å²) in [5.74, 6) is -0.766. The van der Waals surface area contributed by atoms with Crippen molar-refractivity contribution in [3.05, 3.63) is 60.2 Å². The summed E-state index contributed by atoms with van der Waals surface area (Å²) in [5, 5.41) is 11.1. The van der Waals surface area contributed by atoms with Gasteiger partial charge >= 0.3 is 5.69 Å². The maximum atomic E-state index is 12.0. The molecule has 1 aliphatic rings. The minimum atomic E-state index is -0.688. The number of hydrogen-bond donors (Lipinski definition) is 3. The molecule has 0 bridgehead atoms. The molecule has 0 amide bonds. The van der Waals surface area contributed by atoms with Crippen molar-refractivity contribution in [3.8, 4) is 11.9 Å². The van der Waals surface area contributed by atoms with Crippen LogP contribution in [0.2, 0.25) is 0 Å². The van der Waals surface area contributed by atoms with Gasteiger partial charge in [-0.25, -0.2) is 4.79 Å². The number of H-pyrrole nitrogens is 2. The Kier molecular flexibility index (Phi) is 2.69. The first-order chi connectivity index (χ1) is 9.61. The summed E-state index contributed by atoms with van der Waals surface area (Å²) in [6.07, 6.45) is 0. The van der Waals surface area contributed by atoms with Crippen molar-refractivity contribution < 1.29 is 4.74 Å². The smallest absolute Gasteiger partial charge is 0.328 e. The predicted octanol–water partition coefficient (Wildman–Crippen LogP) is 0.343. The van der Waals surface area contributed by atoms with E-state index < -0.39 is 17.2 Å². The summed E-state index contributed by atoms with van der Waals surface area (Å²) in [6, 6.07) is 5.56. The summed E-state index contributed by atoms with van der Waals surface area (Å²) >= 11 is 1.39. The van der Waals surface area contributed by atoms with Crippen LogP contribution in [0.4, 0.5) is 0 Å². The molecule has 1 aliphatic heterocycles. The Balaban J connectivity index is 2.35. The number of nitrogens with one attached hydrogen (secondary N) is 2. The van der Waals surface area contributed by atoms with E-state index in [1.54, 1.807) is 12.1 Å². The van der Waals surface area contributed by atoms with E-state index in [0.717, 1.165) is 4.88 Å². The third-order valence-electron chi connectivity index (χ3n) is 2.95. The summed E-state index contributed by atoms with van der Waals surface area (Å²) in [7, 11) is 0. The van der Waals surface area contributed by atoms with Crippen LogP contribution >= 0.6 is 11.3 Å². The molecule has 8 heteroatoms. The van der Waals surface area contributed by atoms with Crippen LogP contribution in [-0.4, -0.2) is 9.97 Å². The quantitative estimate of drug-likeness (QED) is 0.698. The van der Waals surface area contributed by atoms with Crippen LogP contribution < -0.4 is 21.7 Å². The Bertz CT molecular complexity index is 854. The molecule has 4 N–H and O–H groups in total. The van der Waals surface area contributed by atoms with Crippen LogP contribution in [0.3, 0.4) is 0 Å². The highest BCUT2D eigenvalue weighted by atomic mass is 32.1. The number of allylic oxidation sites excluding steroid dienone is 1. The lowest BCUT2D eigenvalue weighted by molar-refractivity contribution is 0.374. The van der Waals surface area contributed by atoms with Crippen molar-refractivity contribution in [1.29, 1.82) is 5.26 Å². The second-order valence-electron chi connectivity index (χ2n) is 4.09. The van der Waals surface area contributed by atoms with E-state index in [1.165, 1.54) is 11.3 Å². The molecular weight excluding hydrogens is 280 g/mol. The lowest BCUT2D eigenvalue weighted by Crippen LogP contribution is -2.33. The molecule has 3 heterocycles. The van der Waals surface area contributed by atoms with Crippen molar-refractivity contribution >= 4 is 11.3 Å². The lowest BCUT2D eigenvalue weighted by Gasteiger charge is -2.23. The molecule has 2 aromatic heterocycles. The van der Waals surface area contributed by atoms with Gasteiger partial charge in [-0.2, -0.15) is 5.26 Å². The average molecular weight is 288 g/mol. The van der Waals surface area contributed by atoms with Crippen molar-refractivity contribution in [2.45, 2.75) is 5.92 Å². The molecule has 0 radical (unpaired) electrons. The molecular formula is C12H8N4O3S. The molecule has 3 rings (SSSR count). The molecule has 0 aromatic carbocycles. The Morgan fingerprint density at radius 3 is 2.85 bits per heavy atom. The van der Waals surface area contributed by atoms with Gasteiger partial charge in [0.05, 0.1) is 11.5 Å². The van der Waals surface area contributed by atoms with Gasteiger partial charge in [0.1, 0.15) is 11.6 Å². The fourth-order valence-electron chi connectivity index (χ4n) is 2.13. The number of rotatable bonds is 1. The molecule has 20 heavy (non-hydrogen) atoms. The molecule has 0 spiro atoms. The van der Waals surface area contributed by atoms with Crippen LogP contribution in [0.5, 0.6) is 5.88 Å². The molecule has 1 atom stereocenters. The maximum absolute atomic E-state index is 12.0. The van der Waals surface area contributed by atoms with Crippen molar-refractivity contribution in [2.75, 3.05) is 0 Å². The summed E-state index contributed by atoms with van der Waals surface area (Å²) in [5.41, 5.74) is 4.75. The second kappa shape index (κ2) is 4.40. The molecule has 100 valence electrons. The number of nitriles is 1. The Hall–Kier alpha value is -2.79. The van der Waals surface area contributed by atoms with Gasteiger partial charge in [0.15, 0.2) is 0 Å². The predicted molar refractivity (Wildman–Crippen MR) is 71.3 cm³/mol. The number of nitrogens with two attached hydrogens (primary N) is 1. The fourth-order valence-corrected chi connectivity index (χ4v) is 2.97. The molecule has 2 aromatic rings. The molecule has 0 saturated heterocycles. The first-order valence-corrected chi connectivity index (χ1v) is 6.47. The monoisotopic (exact) mass is 288 g/mol. The number of thiophene rings is 1. The minimum absolute atomic E-state index is 0.0198. The largest absolute Gasteiger partial charge is 0.424 e. The number of nitrogens with zero attached hydrogens (tertiary/aromatic N) is 1. The average Bonchev–Trinajstić information content (AvgIpc) is 2.90. The Morgan fingerprint density at radius 2 is 2.20 bits per heavy atom. The topological polar surface area (TPSA) is 125 Å². The first-order valence-electron chi connectivity index (χ1n) is 5.59. The molecule has 0 aliphatic carbocycles. The lowest BCUT2D eigenvalue weighted by atomic mass is 9.90. The fraction of sp³-hybridized carbons (Fsp3) is 0.0833. The number of aromatic amines is 2. The van der Waals surface area contributed by atoms with E-state index in [9.17, 15) is 14.9 Å². The standard InChI is InChI=1S/C12H8N4O3S/c13-4-5-7(6-2-1-3-20-6)8-10(17)15-12(18)16-11(8)19-9(5)14/h1-3,7H,14H2,(H2,15,16,17,18)/t7-/m0/s1. The zero-order valence-electron chi connectivity index (χ0n) is 9.97. The number of ether oxygens (including phenoxy) is 1. The minimum Gasteiger partial charge on any atom is -0.424 e. The SMILES string of the molecule is N#CC1=C(N)Oc2[nH]c(=O)[nH]c(=O)c2[C@@H]1c1cccs1. The van der Waals surface area contributed by atoms with Gasteiger partial charge in [0.2, 0.25) is 11.8 Å². The summed E-state index contributed by atoms with van der Waals surface area (Å²) in [6.45, 7) is 0. The Labute approximate surface area is 116 Å². The molecule has 7 nitrogen and oxygen atoms in total. The molecule has 0 unspecified atom stereocenters. The van der Waals surface area contributed by atoms with Gasteiger partial charge in [-0.15, -0.1) is 11.3 Å². The van der Waals surface area contributed by atoms with Crippen LogP contribution in [0.25, 0.3) is 0 Å². The van der Waals surface area contributed by atoms with E-state index >= 15 is 0 Å². The highest BCUT2D eigenvalue weighted by Gasteiger charge is 2.34. The van der Waals surface area contributed by atoms with Crippen molar-refractivity contribution in [2.24, 2.45) is 5.73 Å². The van der Waals surface area contributed by atoms with Crippen molar-refractivity contribution in [1.82, 2.24) is 9.97 Å². The molecule has 0 saturated carbocycles. The van der Waals surface area contributed by atoms with Crippen LogP contribution in [0, 0.1) is 11.3 Å². The van der Waals surface area contributed by atoms with Gasteiger partial charge in [-0.05, 0) is 11.4 Å². The van der Waals surface area contributed by atoms with Crippen molar-refractivity contribution in [3.63, 3.8) is 0 Å². The number of aromatic nitrogens is 2. The van der Waals surface area contributed by atoms with Gasteiger partial charge in [0, 0.05) is 4.88 Å². The third-order valence-corrected chi connectivity index (χ3v) is 3.88. The second-order valence-corrected chi connectivity index (χ2v) is 5.07. The third kappa shape index (κ3) is 1.72. The summed E-state index contributed by atoms with van der Waals surface area (Å²) in [4.78, 5) is 28.6. The first kappa shape index (κ1) is 12.3. The Morgan fingerprint density at radius 1 is 1.40 bits per heavy atom. The normalized spacial score (nSPS) is 17.2. The van der Waals surface area contributed by atoms with Crippen LogP contribution in [-0.2, 0) is 0 Å². The number of hydrogen-bond acceptors (Lipinski definition) is 6. The van der Waals surface area contributed by atoms with Gasteiger partial charge < -0.3 is 10.5 Å².